The van der Waals surface area contributed by atoms with Crippen LogP contribution in [0, 0.1) is 5.82 Å². The van der Waals surface area contributed by atoms with E-state index < -0.39 is 0 Å². The molecule has 114 valence electrons. The minimum atomic E-state index is -0.305. The molecule has 0 spiro atoms. The minimum Gasteiger partial charge on any atom is -0.267 e. The molecule has 1 N–H and O–H groups in total. The van der Waals surface area contributed by atoms with Crippen molar-refractivity contribution >= 4 is 12.1 Å². The Morgan fingerprint density at radius 3 is 2.18 bits per heavy atom. The van der Waals surface area contributed by atoms with Gasteiger partial charge in [-0.15, -0.1) is 0 Å². The van der Waals surface area contributed by atoms with E-state index >= 15 is 0 Å². The van der Waals surface area contributed by atoms with Gasteiger partial charge in [0.1, 0.15) is 5.82 Å². The number of rotatable bonds is 3. The lowest BCUT2D eigenvalue weighted by molar-refractivity contribution is 0.0955. The summed E-state index contributed by atoms with van der Waals surface area (Å²) in [6.07, 6.45) is 1.47. The van der Waals surface area contributed by atoms with Gasteiger partial charge in [-0.2, -0.15) is 5.10 Å². The smallest absolute Gasteiger partial charge is 0.267 e. The quantitative estimate of drug-likeness (QED) is 0.678. The molecule has 22 heavy (non-hydrogen) atoms. The first-order valence-corrected chi connectivity index (χ1v) is 7.06. The molecular formula is C18H19FN2O. The minimum absolute atomic E-state index is 0.0513. The number of amides is 1. The maximum Gasteiger partial charge on any atom is 0.271 e. The van der Waals surface area contributed by atoms with Crippen molar-refractivity contribution in [2.24, 2.45) is 5.10 Å². The highest BCUT2D eigenvalue weighted by molar-refractivity contribution is 5.94. The molecule has 0 unspecified atom stereocenters. The Morgan fingerprint density at radius 1 is 1.05 bits per heavy atom. The summed E-state index contributed by atoms with van der Waals surface area (Å²) in [5.41, 5.74) is 4.93. The molecule has 0 aliphatic heterocycles. The van der Waals surface area contributed by atoms with Crippen molar-refractivity contribution in [1.29, 1.82) is 0 Å². The molecule has 0 fully saturated rings. The van der Waals surface area contributed by atoms with Crippen LogP contribution < -0.4 is 5.43 Å². The monoisotopic (exact) mass is 298 g/mol. The number of hydrogen-bond acceptors (Lipinski definition) is 2. The maximum absolute atomic E-state index is 12.8. The molecule has 0 heterocycles. The number of carbonyl (C=O) groups excluding carboxylic acids is 1. The summed E-state index contributed by atoms with van der Waals surface area (Å²) in [6, 6.07) is 13.3. The fourth-order valence-electron chi connectivity index (χ4n) is 1.90. The van der Waals surface area contributed by atoms with Crippen LogP contribution >= 0.6 is 0 Å². The molecule has 2 aromatic rings. The zero-order chi connectivity index (χ0) is 16.2. The van der Waals surface area contributed by atoms with Crippen LogP contribution in [0.25, 0.3) is 0 Å². The number of nitrogens with zero attached hydrogens (tertiary/aromatic N) is 1. The van der Waals surface area contributed by atoms with Gasteiger partial charge in [-0.25, -0.2) is 9.82 Å². The van der Waals surface area contributed by atoms with Gasteiger partial charge in [0.2, 0.25) is 0 Å². The van der Waals surface area contributed by atoms with Crippen LogP contribution in [0.1, 0.15) is 42.3 Å². The summed E-state index contributed by atoms with van der Waals surface area (Å²) in [7, 11) is 0. The van der Waals surface area contributed by atoms with E-state index in [1.807, 2.05) is 12.1 Å². The van der Waals surface area contributed by atoms with Gasteiger partial charge in [-0.1, -0.05) is 45.0 Å². The molecule has 0 radical (unpaired) electrons. The van der Waals surface area contributed by atoms with E-state index in [9.17, 15) is 9.18 Å². The Morgan fingerprint density at radius 2 is 1.64 bits per heavy atom. The molecule has 2 aromatic carbocycles. The van der Waals surface area contributed by atoms with E-state index in [4.69, 9.17) is 0 Å². The van der Waals surface area contributed by atoms with Gasteiger partial charge in [0, 0.05) is 5.56 Å². The van der Waals surface area contributed by atoms with Gasteiger partial charge in [-0.3, -0.25) is 4.79 Å². The third kappa shape index (κ3) is 4.25. The zero-order valence-corrected chi connectivity index (χ0v) is 12.9. The number of nitrogens with one attached hydrogen (secondary N) is 1. The third-order valence-corrected chi connectivity index (χ3v) is 3.26. The number of hydrazone groups is 1. The molecule has 0 aromatic heterocycles. The Balaban J connectivity index is 1.99. The van der Waals surface area contributed by atoms with Crippen LogP contribution in [-0.2, 0) is 5.41 Å². The van der Waals surface area contributed by atoms with Crippen molar-refractivity contribution in [3.63, 3.8) is 0 Å². The van der Waals surface area contributed by atoms with Crippen LogP contribution in [0.4, 0.5) is 4.39 Å². The van der Waals surface area contributed by atoms with E-state index in [1.165, 1.54) is 23.9 Å². The van der Waals surface area contributed by atoms with Crippen LogP contribution in [-0.4, -0.2) is 12.1 Å². The predicted molar refractivity (Wildman–Crippen MR) is 86.6 cm³/mol. The van der Waals surface area contributed by atoms with Crippen molar-refractivity contribution in [3.05, 3.63) is 71.0 Å². The lowest BCUT2D eigenvalue weighted by atomic mass is 9.87. The molecular weight excluding hydrogens is 279 g/mol. The molecule has 0 atom stereocenters. The number of hydrogen-bond donors (Lipinski definition) is 1. The summed E-state index contributed by atoms with van der Waals surface area (Å²) in [4.78, 5) is 12.0. The number of halogens is 1. The Bertz CT molecular complexity index is 668. The van der Waals surface area contributed by atoms with Crippen molar-refractivity contribution in [2.75, 3.05) is 0 Å². The molecule has 1 amide bonds. The standard InChI is InChI=1S/C18H19FN2O/c1-18(2,3)15-8-6-14(7-9-15)17(22)21-20-12-13-4-10-16(19)11-5-13/h4-12H,1-3H3,(H,21,22)/b20-12+. The van der Waals surface area contributed by atoms with Crippen LogP contribution in [0.2, 0.25) is 0 Å². The number of benzene rings is 2. The second-order valence-corrected chi connectivity index (χ2v) is 6.08. The van der Waals surface area contributed by atoms with Crippen molar-refractivity contribution in [3.8, 4) is 0 Å². The van der Waals surface area contributed by atoms with Gasteiger partial charge in [0.25, 0.3) is 5.91 Å². The Hall–Kier alpha value is -2.49. The van der Waals surface area contributed by atoms with Gasteiger partial charge in [0.05, 0.1) is 6.21 Å². The molecule has 4 heteroatoms. The largest absolute Gasteiger partial charge is 0.271 e. The van der Waals surface area contributed by atoms with Gasteiger partial charge >= 0.3 is 0 Å². The first-order valence-electron chi connectivity index (χ1n) is 7.06. The van der Waals surface area contributed by atoms with E-state index in [-0.39, 0.29) is 17.1 Å². The third-order valence-electron chi connectivity index (χ3n) is 3.26. The first kappa shape index (κ1) is 15.9. The summed E-state index contributed by atoms with van der Waals surface area (Å²) < 4.78 is 12.8. The SMILES string of the molecule is CC(C)(C)c1ccc(C(=O)N/N=C/c2ccc(F)cc2)cc1. The van der Waals surface area contributed by atoms with Crippen molar-refractivity contribution < 1.29 is 9.18 Å². The number of carbonyl (C=O) groups is 1. The maximum atomic E-state index is 12.8. The van der Waals surface area contributed by atoms with E-state index in [0.29, 0.717) is 11.1 Å². The van der Waals surface area contributed by atoms with Gasteiger partial charge in [-0.05, 0) is 40.8 Å². The summed E-state index contributed by atoms with van der Waals surface area (Å²) in [6.45, 7) is 6.36. The van der Waals surface area contributed by atoms with E-state index in [2.05, 4.69) is 31.3 Å². The highest BCUT2D eigenvalue weighted by atomic mass is 19.1. The molecule has 0 aliphatic rings. The predicted octanol–water partition coefficient (Wildman–Crippen LogP) is 3.89. The topological polar surface area (TPSA) is 41.5 Å². The van der Waals surface area contributed by atoms with Gasteiger partial charge in [0.15, 0.2) is 0 Å². The molecule has 0 saturated carbocycles. The van der Waals surface area contributed by atoms with Crippen molar-refractivity contribution in [1.82, 2.24) is 5.43 Å². The zero-order valence-electron chi connectivity index (χ0n) is 12.9. The summed E-state index contributed by atoms with van der Waals surface area (Å²) in [5, 5.41) is 3.87. The molecule has 0 saturated heterocycles. The second-order valence-electron chi connectivity index (χ2n) is 6.08. The van der Waals surface area contributed by atoms with Gasteiger partial charge < -0.3 is 0 Å². The average molecular weight is 298 g/mol. The Kier molecular flexibility index (Phi) is 4.71. The lowest BCUT2D eigenvalue weighted by Gasteiger charge is -2.18. The van der Waals surface area contributed by atoms with Crippen LogP contribution in [0.3, 0.4) is 0 Å². The highest BCUT2D eigenvalue weighted by Gasteiger charge is 2.14. The molecule has 2 rings (SSSR count). The fourth-order valence-corrected chi connectivity index (χ4v) is 1.90. The lowest BCUT2D eigenvalue weighted by Crippen LogP contribution is -2.18. The summed E-state index contributed by atoms with van der Waals surface area (Å²) >= 11 is 0. The fraction of sp³-hybridized carbons (Fsp3) is 0.222. The van der Waals surface area contributed by atoms with E-state index in [1.54, 1.807) is 24.3 Å². The van der Waals surface area contributed by atoms with E-state index in [0.717, 1.165) is 0 Å². The summed E-state index contributed by atoms with van der Waals surface area (Å²) in [5.74, 6) is -0.584. The second kappa shape index (κ2) is 6.52. The normalized spacial score (nSPS) is 11.6. The van der Waals surface area contributed by atoms with Crippen LogP contribution in [0.15, 0.2) is 53.6 Å². The first-order chi connectivity index (χ1) is 10.4. The Labute approximate surface area is 129 Å². The molecule has 0 aliphatic carbocycles. The van der Waals surface area contributed by atoms with Crippen molar-refractivity contribution in [2.45, 2.75) is 26.2 Å². The average Bonchev–Trinajstić information content (AvgIpc) is 2.48. The molecule has 0 bridgehead atoms. The van der Waals surface area contributed by atoms with Crippen LogP contribution in [0.5, 0.6) is 0 Å². The highest BCUT2D eigenvalue weighted by Crippen LogP contribution is 2.22. The molecule has 3 nitrogen and oxygen atoms in total.